The average molecular weight is 215 g/mol. The number of ether oxygens (including phenoxy) is 1. The summed E-state index contributed by atoms with van der Waals surface area (Å²) in [6.45, 7) is 6.36. The summed E-state index contributed by atoms with van der Waals surface area (Å²) < 4.78 is 5.41. The predicted octanol–water partition coefficient (Wildman–Crippen LogP) is 1.55. The van der Waals surface area contributed by atoms with E-state index in [-0.39, 0.29) is 6.10 Å². The van der Waals surface area contributed by atoms with Crippen LogP contribution in [0.1, 0.15) is 39.5 Å². The van der Waals surface area contributed by atoms with Gasteiger partial charge in [-0.3, -0.25) is 0 Å². The zero-order chi connectivity index (χ0) is 11.1. The SMILES string of the molecule is CC(C)CCCOCC(O)CNC1CC1. The molecule has 3 nitrogen and oxygen atoms in total. The first kappa shape index (κ1) is 12.9. The predicted molar refractivity (Wildman–Crippen MR) is 61.9 cm³/mol. The highest BCUT2D eigenvalue weighted by Crippen LogP contribution is 2.18. The molecule has 90 valence electrons. The van der Waals surface area contributed by atoms with Crippen molar-refractivity contribution in [1.82, 2.24) is 5.32 Å². The van der Waals surface area contributed by atoms with Gasteiger partial charge in [0.15, 0.2) is 0 Å². The molecular weight excluding hydrogens is 190 g/mol. The van der Waals surface area contributed by atoms with Crippen LogP contribution >= 0.6 is 0 Å². The second-order valence-corrected chi connectivity index (χ2v) is 4.95. The number of aliphatic hydroxyl groups is 1. The van der Waals surface area contributed by atoms with Crippen LogP contribution in [-0.4, -0.2) is 37.0 Å². The van der Waals surface area contributed by atoms with Crippen molar-refractivity contribution in [2.45, 2.75) is 51.7 Å². The molecule has 0 aromatic rings. The minimum absolute atomic E-state index is 0.343. The summed E-state index contributed by atoms with van der Waals surface area (Å²) in [5, 5.41) is 12.8. The quantitative estimate of drug-likeness (QED) is 0.573. The number of aliphatic hydroxyl groups excluding tert-OH is 1. The molecule has 15 heavy (non-hydrogen) atoms. The molecular formula is C12H25NO2. The Morgan fingerprint density at radius 1 is 1.40 bits per heavy atom. The molecule has 0 bridgehead atoms. The second kappa shape index (κ2) is 7.20. The minimum atomic E-state index is -0.343. The summed E-state index contributed by atoms with van der Waals surface area (Å²) in [4.78, 5) is 0. The van der Waals surface area contributed by atoms with Gasteiger partial charge in [0.05, 0.1) is 12.7 Å². The molecule has 1 fully saturated rings. The minimum Gasteiger partial charge on any atom is -0.389 e. The Kier molecular flexibility index (Phi) is 6.22. The maximum absolute atomic E-state index is 9.55. The second-order valence-electron chi connectivity index (χ2n) is 4.95. The fourth-order valence-corrected chi connectivity index (χ4v) is 1.46. The van der Waals surface area contributed by atoms with E-state index < -0.39 is 0 Å². The van der Waals surface area contributed by atoms with Gasteiger partial charge in [-0.2, -0.15) is 0 Å². The number of rotatable bonds is 9. The maximum atomic E-state index is 9.55. The van der Waals surface area contributed by atoms with Crippen molar-refractivity contribution in [3.8, 4) is 0 Å². The summed E-state index contributed by atoms with van der Waals surface area (Å²) in [6, 6.07) is 0.667. The van der Waals surface area contributed by atoms with Crippen molar-refractivity contribution in [1.29, 1.82) is 0 Å². The Morgan fingerprint density at radius 2 is 2.13 bits per heavy atom. The molecule has 0 heterocycles. The van der Waals surface area contributed by atoms with E-state index in [2.05, 4.69) is 19.2 Å². The first-order valence-electron chi connectivity index (χ1n) is 6.17. The molecule has 1 saturated carbocycles. The Hall–Kier alpha value is -0.120. The first-order valence-corrected chi connectivity index (χ1v) is 6.17. The lowest BCUT2D eigenvalue weighted by Crippen LogP contribution is -2.31. The lowest BCUT2D eigenvalue weighted by molar-refractivity contribution is 0.0346. The molecule has 0 aliphatic heterocycles. The van der Waals surface area contributed by atoms with E-state index in [1.807, 2.05) is 0 Å². The lowest BCUT2D eigenvalue weighted by Gasteiger charge is -2.12. The van der Waals surface area contributed by atoms with Crippen molar-refractivity contribution in [3.05, 3.63) is 0 Å². The number of nitrogens with one attached hydrogen (secondary N) is 1. The average Bonchev–Trinajstić information content (AvgIpc) is 2.97. The fraction of sp³-hybridized carbons (Fsp3) is 1.00. The molecule has 0 radical (unpaired) electrons. The largest absolute Gasteiger partial charge is 0.389 e. The summed E-state index contributed by atoms with van der Waals surface area (Å²) in [7, 11) is 0. The van der Waals surface area contributed by atoms with Crippen LogP contribution in [0.3, 0.4) is 0 Å². The van der Waals surface area contributed by atoms with E-state index >= 15 is 0 Å². The van der Waals surface area contributed by atoms with E-state index in [0.29, 0.717) is 19.2 Å². The van der Waals surface area contributed by atoms with E-state index in [9.17, 15) is 5.11 Å². The van der Waals surface area contributed by atoms with Crippen LogP contribution in [0, 0.1) is 5.92 Å². The van der Waals surface area contributed by atoms with Crippen LogP contribution in [0.15, 0.2) is 0 Å². The normalized spacial score (nSPS) is 18.4. The van der Waals surface area contributed by atoms with Gasteiger partial charge in [0.25, 0.3) is 0 Å². The fourth-order valence-electron chi connectivity index (χ4n) is 1.46. The number of hydrogen-bond donors (Lipinski definition) is 2. The van der Waals surface area contributed by atoms with Crippen molar-refractivity contribution < 1.29 is 9.84 Å². The third kappa shape index (κ3) is 7.77. The van der Waals surface area contributed by atoms with Crippen LogP contribution < -0.4 is 5.32 Å². The van der Waals surface area contributed by atoms with Gasteiger partial charge in [-0.15, -0.1) is 0 Å². The van der Waals surface area contributed by atoms with Crippen molar-refractivity contribution in [2.75, 3.05) is 19.8 Å². The van der Waals surface area contributed by atoms with Gasteiger partial charge in [0, 0.05) is 19.2 Å². The molecule has 1 rings (SSSR count). The Bertz CT molecular complexity index is 158. The zero-order valence-corrected chi connectivity index (χ0v) is 10.0. The van der Waals surface area contributed by atoms with Crippen molar-refractivity contribution in [2.24, 2.45) is 5.92 Å². The molecule has 0 aromatic carbocycles. The standard InChI is InChI=1S/C12H25NO2/c1-10(2)4-3-7-15-9-12(14)8-13-11-5-6-11/h10-14H,3-9H2,1-2H3. The van der Waals surface area contributed by atoms with Gasteiger partial charge in [-0.05, 0) is 31.6 Å². The van der Waals surface area contributed by atoms with E-state index in [4.69, 9.17) is 4.74 Å². The van der Waals surface area contributed by atoms with Crippen LogP contribution in [0.2, 0.25) is 0 Å². The smallest absolute Gasteiger partial charge is 0.0897 e. The van der Waals surface area contributed by atoms with Crippen molar-refractivity contribution in [3.63, 3.8) is 0 Å². The van der Waals surface area contributed by atoms with Gasteiger partial charge >= 0.3 is 0 Å². The van der Waals surface area contributed by atoms with Crippen LogP contribution in [0.25, 0.3) is 0 Å². The molecule has 1 unspecified atom stereocenters. The van der Waals surface area contributed by atoms with Gasteiger partial charge in [-0.25, -0.2) is 0 Å². The third-order valence-corrected chi connectivity index (χ3v) is 2.60. The molecule has 1 aliphatic carbocycles. The number of hydrogen-bond acceptors (Lipinski definition) is 3. The van der Waals surface area contributed by atoms with Crippen LogP contribution in [0.4, 0.5) is 0 Å². The van der Waals surface area contributed by atoms with E-state index in [1.54, 1.807) is 0 Å². The highest BCUT2D eigenvalue weighted by Gasteiger charge is 2.21. The summed E-state index contributed by atoms with van der Waals surface area (Å²) in [5.41, 5.74) is 0. The van der Waals surface area contributed by atoms with Gasteiger partial charge in [-0.1, -0.05) is 13.8 Å². The summed E-state index contributed by atoms with van der Waals surface area (Å²) in [5.74, 6) is 0.745. The van der Waals surface area contributed by atoms with Crippen LogP contribution in [-0.2, 0) is 4.74 Å². The van der Waals surface area contributed by atoms with Crippen molar-refractivity contribution >= 4 is 0 Å². The molecule has 3 heteroatoms. The Labute approximate surface area is 93.2 Å². The molecule has 0 saturated heterocycles. The molecule has 2 N–H and O–H groups in total. The highest BCUT2D eigenvalue weighted by atomic mass is 16.5. The monoisotopic (exact) mass is 215 g/mol. The van der Waals surface area contributed by atoms with Gasteiger partial charge in [0.1, 0.15) is 0 Å². The topological polar surface area (TPSA) is 41.5 Å². The molecule has 1 atom stereocenters. The van der Waals surface area contributed by atoms with Gasteiger partial charge in [0.2, 0.25) is 0 Å². The molecule has 0 spiro atoms. The third-order valence-electron chi connectivity index (χ3n) is 2.60. The Morgan fingerprint density at radius 3 is 2.73 bits per heavy atom. The van der Waals surface area contributed by atoms with E-state index in [1.165, 1.54) is 19.3 Å². The Balaban J connectivity index is 1.81. The van der Waals surface area contributed by atoms with Gasteiger partial charge < -0.3 is 15.2 Å². The maximum Gasteiger partial charge on any atom is 0.0897 e. The lowest BCUT2D eigenvalue weighted by atomic mass is 10.1. The molecule has 0 amide bonds. The van der Waals surface area contributed by atoms with Crippen LogP contribution in [0.5, 0.6) is 0 Å². The molecule has 1 aliphatic rings. The summed E-state index contributed by atoms with van der Waals surface area (Å²) in [6.07, 6.45) is 4.49. The summed E-state index contributed by atoms with van der Waals surface area (Å²) >= 11 is 0. The highest BCUT2D eigenvalue weighted by molar-refractivity contribution is 4.81. The zero-order valence-electron chi connectivity index (χ0n) is 10.0. The van der Waals surface area contributed by atoms with E-state index in [0.717, 1.165) is 18.9 Å². The first-order chi connectivity index (χ1) is 7.18. The molecule has 0 aromatic heterocycles.